The van der Waals surface area contributed by atoms with Gasteiger partial charge in [0, 0.05) is 23.8 Å². The molecule has 0 aromatic carbocycles. The van der Waals surface area contributed by atoms with Crippen LogP contribution >= 0.6 is 11.3 Å². The van der Waals surface area contributed by atoms with Crippen molar-refractivity contribution in [2.45, 2.75) is 59.2 Å². The van der Waals surface area contributed by atoms with E-state index in [1.807, 2.05) is 6.92 Å². The number of aromatic nitrogens is 3. The first-order valence-electron chi connectivity index (χ1n) is 7.33. The molecule has 0 amide bonds. The lowest BCUT2D eigenvalue weighted by Gasteiger charge is -2.13. The number of nitrogens with zero attached hydrogens (tertiary/aromatic N) is 3. The van der Waals surface area contributed by atoms with Crippen LogP contribution in [0.3, 0.4) is 0 Å². The van der Waals surface area contributed by atoms with Crippen LogP contribution in [0.15, 0.2) is 17.6 Å². The van der Waals surface area contributed by atoms with E-state index in [4.69, 9.17) is 0 Å². The molecule has 0 fully saturated rings. The molecule has 5 heteroatoms. The van der Waals surface area contributed by atoms with Gasteiger partial charge in [0.25, 0.3) is 0 Å². The summed E-state index contributed by atoms with van der Waals surface area (Å²) in [4.78, 5) is 4.51. The van der Waals surface area contributed by atoms with Crippen molar-refractivity contribution >= 4 is 11.3 Å². The van der Waals surface area contributed by atoms with Gasteiger partial charge >= 0.3 is 0 Å². The molecule has 2 aromatic heterocycles. The molecular weight excluding hydrogens is 268 g/mol. The molecule has 0 saturated carbocycles. The van der Waals surface area contributed by atoms with E-state index in [-0.39, 0.29) is 6.04 Å². The van der Waals surface area contributed by atoms with Crippen LogP contribution in [0.2, 0.25) is 0 Å². The Bertz CT molecular complexity index is 527. The van der Waals surface area contributed by atoms with Gasteiger partial charge in [-0.25, -0.2) is 4.98 Å². The first kappa shape index (κ1) is 15.2. The van der Waals surface area contributed by atoms with Crippen molar-refractivity contribution in [2.75, 3.05) is 0 Å². The zero-order valence-corrected chi connectivity index (χ0v) is 13.6. The number of thiazole rings is 1. The summed E-state index contributed by atoms with van der Waals surface area (Å²) in [5.41, 5.74) is 2.19. The van der Waals surface area contributed by atoms with E-state index >= 15 is 0 Å². The van der Waals surface area contributed by atoms with Gasteiger partial charge in [0.2, 0.25) is 0 Å². The van der Waals surface area contributed by atoms with Gasteiger partial charge in [-0.05, 0) is 32.8 Å². The monoisotopic (exact) mass is 292 g/mol. The molecule has 1 N–H and O–H groups in total. The van der Waals surface area contributed by atoms with Crippen molar-refractivity contribution in [1.29, 1.82) is 0 Å². The summed E-state index contributed by atoms with van der Waals surface area (Å²) in [5, 5.41) is 11.4. The fourth-order valence-corrected chi connectivity index (χ4v) is 3.08. The molecule has 1 atom stereocenters. The minimum Gasteiger partial charge on any atom is -0.302 e. The van der Waals surface area contributed by atoms with Crippen LogP contribution in [0.25, 0.3) is 0 Å². The SMILES string of the molecule is CCC(CC)n1ccc(CNC(C)c2nc(C)cs2)n1. The zero-order valence-electron chi connectivity index (χ0n) is 12.8. The van der Waals surface area contributed by atoms with Crippen molar-refractivity contribution < 1.29 is 0 Å². The Morgan fingerprint density at radius 2 is 2.10 bits per heavy atom. The van der Waals surface area contributed by atoms with Crippen LogP contribution in [0.4, 0.5) is 0 Å². The van der Waals surface area contributed by atoms with Crippen LogP contribution in [0.1, 0.15) is 62.1 Å². The largest absolute Gasteiger partial charge is 0.302 e. The summed E-state index contributed by atoms with van der Waals surface area (Å²) in [6, 6.07) is 2.89. The Labute approximate surface area is 125 Å². The molecule has 0 bridgehead atoms. The molecule has 0 spiro atoms. The second kappa shape index (κ2) is 6.99. The van der Waals surface area contributed by atoms with Gasteiger partial charge in [-0.15, -0.1) is 11.3 Å². The average Bonchev–Trinajstić information content (AvgIpc) is 3.07. The Kier molecular flexibility index (Phi) is 5.31. The van der Waals surface area contributed by atoms with Crippen LogP contribution in [0, 0.1) is 6.92 Å². The lowest BCUT2D eigenvalue weighted by atomic mass is 10.2. The first-order chi connectivity index (χ1) is 9.63. The van der Waals surface area contributed by atoms with E-state index in [2.05, 4.69) is 58.5 Å². The van der Waals surface area contributed by atoms with Crippen molar-refractivity contribution in [2.24, 2.45) is 0 Å². The van der Waals surface area contributed by atoms with E-state index in [1.54, 1.807) is 11.3 Å². The second-order valence-corrected chi connectivity index (χ2v) is 6.08. The van der Waals surface area contributed by atoms with Crippen LogP contribution < -0.4 is 5.32 Å². The number of aryl methyl sites for hydroxylation is 1. The lowest BCUT2D eigenvalue weighted by molar-refractivity contribution is 0.423. The van der Waals surface area contributed by atoms with Gasteiger partial charge < -0.3 is 5.32 Å². The molecule has 0 aliphatic rings. The number of rotatable bonds is 7. The third-order valence-corrected chi connectivity index (χ3v) is 4.72. The summed E-state index contributed by atoms with van der Waals surface area (Å²) in [6.07, 6.45) is 4.34. The van der Waals surface area contributed by atoms with Gasteiger partial charge in [-0.1, -0.05) is 13.8 Å². The molecule has 4 nitrogen and oxygen atoms in total. The summed E-state index contributed by atoms with van der Waals surface area (Å²) in [6.45, 7) is 9.38. The van der Waals surface area contributed by atoms with Crippen LogP contribution in [0.5, 0.6) is 0 Å². The summed E-state index contributed by atoms with van der Waals surface area (Å²) >= 11 is 1.71. The highest BCUT2D eigenvalue weighted by atomic mass is 32.1. The standard InChI is InChI=1S/C15H24N4S/c1-5-14(6-2)19-8-7-13(18-19)9-16-12(4)15-17-11(3)10-20-15/h7-8,10,12,14,16H,5-6,9H2,1-4H3. The highest BCUT2D eigenvalue weighted by Gasteiger charge is 2.11. The van der Waals surface area contributed by atoms with Crippen molar-refractivity contribution in [3.63, 3.8) is 0 Å². The molecule has 0 aliphatic carbocycles. The molecule has 2 heterocycles. The van der Waals surface area contributed by atoms with Gasteiger partial charge in [0.05, 0.1) is 17.8 Å². The summed E-state index contributed by atoms with van der Waals surface area (Å²) in [7, 11) is 0. The fraction of sp³-hybridized carbons (Fsp3) is 0.600. The van der Waals surface area contributed by atoms with Gasteiger partial charge in [-0.2, -0.15) is 5.10 Å². The van der Waals surface area contributed by atoms with Gasteiger partial charge in [-0.3, -0.25) is 4.68 Å². The third kappa shape index (κ3) is 3.67. The maximum absolute atomic E-state index is 4.66. The van der Waals surface area contributed by atoms with E-state index in [0.29, 0.717) is 6.04 Å². The van der Waals surface area contributed by atoms with E-state index < -0.39 is 0 Å². The van der Waals surface area contributed by atoms with Gasteiger partial charge in [0.1, 0.15) is 5.01 Å². The minimum absolute atomic E-state index is 0.270. The second-order valence-electron chi connectivity index (χ2n) is 5.19. The summed E-state index contributed by atoms with van der Waals surface area (Å²) in [5.74, 6) is 0. The Hall–Kier alpha value is -1.20. The van der Waals surface area contributed by atoms with E-state index in [0.717, 1.165) is 35.8 Å². The predicted octanol–water partition coefficient (Wildman–Crippen LogP) is 3.86. The maximum Gasteiger partial charge on any atom is 0.110 e. The molecule has 0 saturated heterocycles. The molecule has 0 aliphatic heterocycles. The summed E-state index contributed by atoms with van der Waals surface area (Å²) < 4.78 is 2.09. The van der Waals surface area contributed by atoms with Crippen LogP contribution in [-0.4, -0.2) is 14.8 Å². The molecular formula is C15H24N4S. The number of nitrogens with one attached hydrogen (secondary N) is 1. The average molecular weight is 292 g/mol. The predicted molar refractivity (Wildman–Crippen MR) is 84.0 cm³/mol. The highest BCUT2D eigenvalue weighted by molar-refractivity contribution is 7.09. The van der Waals surface area contributed by atoms with Crippen LogP contribution in [-0.2, 0) is 6.54 Å². The van der Waals surface area contributed by atoms with Crippen molar-refractivity contribution in [1.82, 2.24) is 20.1 Å². The lowest BCUT2D eigenvalue weighted by Crippen LogP contribution is -2.18. The van der Waals surface area contributed by atoms with E-state index in [1.165, 1.54) is 0 Å². The third-order valence-electron chi connectivity index (χ3n) is 3.58. The number of hydrogen-bond donors (Lipinski definition) is 1. The minimum atomic E-state index is 0.270. The maximum atomic E-state index is 4.66. The normalized spacial score (nSPS) is 13.1. The van der Waals surface area contributed by atoms with E-state index in [9.17, 15) is 0 Å². The number of hydrogen-bond acceptors (Lipinski definition) is 4. The Morgan fingerprint density at radius 1 is 1.35 bits per heavy atom. The Morgan fingerprint density at radius 3 is 2.70 bits per heavy atom. The Balaban J connectivity index is 1.91. The molecule has 2 rings (SSSR count). The molecule has 110 valence electrons. The quantitative estimate of drug-likeness (QED) is 0.842. The van der Waals surface area contributed by atoms with Crippen molar-refractivity contribution in [3.8, 4) is 0 Å². The first-order valence-corrected chi connectivity index (χ1v) is 8.21. The van der Waals surface area contributed by atoms with Gasteiger partial charge in [0.15, 0.2) is 0 Å². The zero-order chi connectivity index (χ0) is 14.5. The molecule has 2 aromatic rings. The smallest absolute Gasteiger partial charge is 0.110 e. The van der Waals surface area contributed by atoms with Crippen molar-refractivity contribution in [3.05, 3.63) is 34.0 Å². The molecule has 0 radical (unpaired) electrons. The topological polar surface area (TPSA) is 42.7 Å². The molecule has 1 unspecified atom stereocenters. The highest BCUT2D eigenvalue weighted by Crippen LogP contribution is 2.18. The fourth-order valence-electron chi connectivity index (χ4n) is 2.25. The molecule has 20 heavy (non-hydrogen) atoms.